The van der Waals surface area contributed by atoms with Gasteiger partial charge in [-0.05, 0) is 25.9 Å². The van der Waals surface area contributed by atoms with Gasteiger partial charge in [-0.15, -0.1) is 0 Å². The third kappa shape index (κ3) is 1.63. The fourth-order valence-electron chi connectivity index (χ4n) is 1.53. The molecular formula is C7H13N3O3. The molecule has 1 aliphatic heterocycles. The molecule has 0 aromatic rings. The van der Waals surface area contributed by atoms with Gasteiger partial charge in [0.2, 0.25) is 0 Å². The molecular weight excluding hydrogens is 174 g/mol. The standard InChI is InChI=1S/C7H13N3O3/c8-10-5(11)7(6(12)13)1-3-9-4-2-7/h9H,1-4,8H2,(H,10,11)(H,12,13). The van der Waals surface area contributed by atoms with E-state index in [4.69, 9.17) is 10.9 Å². The number of amides is 1. The zero-order valence-corrected chi connectivity index (χ0v) is 7.17. The lowest BCUT2D eigenvalue weighted by Crippen LogP contribution is -2.53. The number of hydrogen-bond acceptors (Lipinski definition) is 4. The van der Waals surface area contributed by atoms with Crippen molar-refractivity contribution >= 4 is 11.9 Å². The largest absolute Gasteiger partial charge is 0.480 e. The van der Waals surface area contributed by atoms with Crippen LogP contribution in [0.15, 0.2) is 0 Å². The van der Waals surface area contributed by atoms with Crippen LogP contribution < -0.4 is 16.6 Å². The van der Waals surface area contributed by atoms with E-state index in [1.54, 1.807) is 0 Å². The molecule has 6 nitrogen and oxygen atoms in total. The number of carbonyl (C=O) groups is 2. The van der Waals surface area contributed by atoms with E-state index in [0.717, 1.165) is 0 Å². The van der Waals surface area contributed by atoms with Gasteiger partial charge in [0, 0.05) is 0 Å². The van der Waals surface area contributed by atoms with Gasteiger partial charge < -0.3 is 10.4 Å². The van der Waals surface area contributed by atoms with Crippen molar-refractivity contribution < 1.29 is 14.7 Å². The van der Waals surface area contributed by atoms with Gasteiger partial charge in [0.1, 0.15) is 5.41 Å². The summed E-state index contributed by atoms with van der Waals surface area (Å²) >= 11 is 0. The number of hydrazine groups is 1. The molecule has 0 radical (unpaired) electrons. The second-order valence-electron chi connectivity index (χ2n) is 3.11. The van der Waals surface area contributed by atoms with Crippen molar-refractivity contribution in [3.63, 3.8) is 0 Å². The summed E-state index contributed by atoms with van der Waals surface area (Å²) in [5, 5.41) is 11.9. The number of carboxylic acids is 1. The lowest BCUT2D eigenvalue weighted by Gasteiger charge is -2.31. The number of aliphatic carboxylic acids is 1. The second-order valence-corrected chi connectivity index (χ2v) is 3.11. The van der Waals surface area contributed by atoms with Crippen LogP contribution in [-0.4, -0.2) is 30.1 Å². The molecule has 1 saturated heterocycles. The van der Waals surface area contributed by atoms with Gasteiger partial charge in [-0.25, -0.2) is 5.84 Å². The summed E-state index contributed by atoms with van der Waals surface area (Å²) in [6, 6.07) is 0. The second kappa shape index (κ2) is 3.71. The zero-order chi connectivity index (χ0) is 9.90. The first-order valence-corrected chi connectivity index (χ1v) is 4.08. The molecule has 6 heteroatoms. The van der Waals surface area contributed by atoms with Crippen LogP contribution in [0.3, 0.4) is 0 Å². The van der Waals surface area contributed by atoms with Crippen LogP contribution in [0.2, 0.25) is 0 Å². The molecule has 13 heavy (non-hydrogen) atoms. The van der Waals surface area contributed by atoms with Gasteiger partial charge >= 0.3 is 5.97 Å². The number of carboxylic acid groups (broad SMARTS) is 1. The van der Waals surface area contributed by atoms with Crippen molar-refractivity contribution in [3.05, 3.63) is 0 Å². The van der Waals surface area contributed by atoms with Crippen LogP contribution >= 0.6 is 0 Å². The van der Waals surface area contributed by atoms with Crippen molar-refractivity contribution in [3.8, 4) is 0 Å². The normalized spacial score (nSPS) is 20.7. The highest BCUT2D eigenvalue weighted by Gasteiger charge is 2.46. The average molecular weight is 187 g/mol. The number of nitrogens with two attached hydrogens (primary N) is 1. The van der Waals surface area contributed by atoms with E-state index in [2.05, 4.69) is 5.32 Å². The summed E-state index contributed by atoms with van der Waals surface area (Å²) in [6.07, 6.45) is 0.566. The maximum Gasteiger partial charge on any atom is 0.319 e. The van der Waals surface area contributed by atoms with Gasteiger partial charge in [0.25, 0.3) is 5.91 Å². The van der Waals surface area contributed by atoms with Crippen LogP contribution in [0.25, 0.3) is 0 Å². The van der Waals surface area contributed by atoms with Crippen molar-refractivity contribution in [2.45, 2.75) is 12.8 Å². The van der Waals surface area contributed by atoms with E-state index in [0.29, 0.717) is 13.1 Å². The summed E-state index contributed by atoms with van der Waals surface area (Å²) in [4.78, 5) is 22.2. The Labute approximate surface area is 75.5 Å². The first-order valence-electron chi connectivity index (χ1n) is 4.08. The summed E-state index contributed by atoms with van der Waals surface area (Å²) < 4.78 is 0. The van der Waals surface area contributed by atoms with Gasteiger partial charge in [0.15, 0.2) is 0 Å². The fraction of sp³-hybridized carbons (Fsp3) is 0.714. The van der Waals surface area contributed by atoms with Crippen LogP contribution in [-0.2, 0) is 9.59 Å². The van der Waals surface area contributed by atoms with E-state index in [1.165, 1.54) is 0 Å². The molecule has 0 atom stereocenters. The summed E-state index contributed by atoms with van der Waals surface area (Å²) in [6.45, 7) is 1.06. The zero-order valence-electron chi connectivity index (χ0n) is 7.17. The van der Waals surface area contributed by atoms with Gasteiger partial charge in [-0.1, -0.05) is 0 Å². The van der Waals surface area contributed by atoms with Crippen LogP contribution in [0.4, 0.5) is 0 Å². The Morgan fingerprint density at radius 1 is 1.38 bits per heavy atom. The molecule has 0 saturated carbocycles. The average Bonchev–Trinajstić information content (AvgIpc) is 2.17. The van der Waals surface area contributed by atoms with Crippen LogP contribution in [0, 0.1) is 5.41 Å². The first kappa shape index (κ1) is 9.94. The van der Waals surface area contributed by atoms with Gasteiger partial charge in [-0.3, -0.25) is 15.0 Å². The van der Waals surface area contributed by atoms with Crippen molar-refractivity contribution in [1.82, 2.24) is 10.7 Å². The highest BCUT2D eigenvalue weighted by molar-refractivity contribution is 6.01. The van der Waals surface area contributed by atoms with Gasteiger partial charge in [0.05, 0.1) is 0 Å². The molecule has 1 heterocycles. The molecule has 0 unspecified atom stereocenters. The van der Waals surface area contributed by atoms with Crippen molar-refractivity contribution in [1.29, 1.82) is 0 Å². The summed E-state index contributed by atoms with van der Waals surface area (Å²) in [5.41, 5.74) is 0.576. The molecule has 5 N–H and O–H groups in total. The molecule has 1 aliphatic rings. The molecule has 1 amide bonds. The van der Waals surface area contributed by atoms with E-state index in [-0.39, 0.29) is 12.8 Å². The smallest absolute Gasteiger partial charge is 0.319 e. The topological polar surface area (TPSA) is 104 Å². The molecule has 74 valence electrons. The Balaban J connectivity index is 2.85. The summed E-state index contributed by atoms with van der Waals surface area (Å²) in [7, 11) is 0. The van der Waals surface area contributed by atoms with Crippen molar-refractivity contribution in [2.75, 3.05) is 13.1 Å². The monoisotopic (exact) mass is 187 g/mol. The molecule has 0 aliphatic carbocycles. The van der Waals surface area contributed by atoms with Crippen LogP contribution in [0.1, 0.15) is 12.8 Å². The lowest BCUT2D eigenvalue weighted by atomic mass is 9.78. The minimum atomic E-state index is -1.33. The fourth-order valence-corrected chi connectivity index (χ4v) is 1.53. The molecule has 0 spiro atoms. The third-order valence-corrected chi connectivity index (χ3v) is 2.43. The van der Waals surface area contributed by atoms with Crippen molar-refractivity contribution in [2.24, 2.45) is 11.3 Å². The quantitative estimate of drug-likeness (QED) is 0.181. The first-order chi connectivity index (χ1) is 6.13. The summed E-state index contributed by atoms with van der Waals surface area (Å²) in [5.74, 6) is 3.23. The molecule has 1 rings (SSSR count). The Kier molecular flexibility index (Phi) is 2.84. The maximum absolute atomic E-state index is 11.3. The Hall–Kier alpha value is -1.14. The third-order valence-electron chi connectivity index (χ3n) is 2.43. The predicted molar refractivity (Wildman–Crippen MR) is 44.5 cm³/mol. The number of hydrogen-bond donors (Lipinski definition) is 4. The predicted octanol–water partition coefficient (Wildman–Crippen LogP) is -1.57. The molecule has 1 fully saturated rings. The molecule has 0 aromatic carbocycles. The van der Waals surface area contributed by atoms with Crippen LogP contribution in [0.5, 0.6) is 0 Å². The highest BCUT2D eigenvalue weighted by Crippen LogP contribution is 2.28. The van der Waals surface area contributed by atoms with E-state index < -0.39 is 17.3 Å². The van der Waals surface area contributed by atoms with E-state index in [9.17, 15) is 9.59 Å². The number of nitrogens with one attached hydrogen (secondary N) is 2. The Bertz CT molecular complexity index is 223. The van der Waals surface area contributed by atoms with E-state index in [1.807, 2.05) is 5.43 Å². The SMILES string of the molecule is NNC(=O)C1(C(=O)O)CCNCC1. The minimum absolute atomic E-state index is 0.283. The Morgan fingerprint density at radius 3 is 2.31 bits per heavy atom. The number of carbonyl (C=O) groups excluding carboxylic acids is 1. The number of piperidine rings is 1. The van der Waals surface area contributed by atoms with Gasteiger partial charge in [-0.2, -0.15) is 0 Å². The lowest BCUT2D eigenvalue weighted by molar-refractivity contribution is -0.157. The molecule has 0 aromatic heterocycles. The highest BCUT2D eigenvalue weighted by atomic mass is 16.4. The maximum atomic E-state index is 11.3. The van der Waals surface area contributed by atoms with E-state index >= 15 is 0 Å². The molecule has 0 bridgehead atoms. The number of rotatable bonds is 2. The Morgan fingerprint density at radius 2 is 1.92 bits per heavy atom. The minimum Gasteiger partial charge on any atom is -0.480 e.